The molecular weight excluding hydrogens is 201 g/mol. The first-order chi connectivity index (χ1) is 7.77. The van der Waals surface area contributed by atoms with E-state index in [9.17, 15) is 4.39 Å². The summed E-state index contributed by atoms with van der Waals surface area (Å²) >= 11 is 0. The van der Waals surface area contributed by atoms with Gasteiger partial charge in [-0.2, -0.15) is 0 Å². The van der Waals surface area contributed by atoms with Gasteiger partial charge >= 0.3 is 0 Å². The Morgan fingerprint density at radius 2 is 1.56 bits per heavy atom. The van der Waals surface area contributed by atoms with Crippen LogP contribution in [0.5, 0.6) is 0 Å². The quantitative estimate of drug-likeness (QED) is 0.586. The van der Waals surface area contributed by atoms with E-state index in [0.717, 1.165) is 18.4 Å². The molecule has 1 unspecified atom stereocenters. The fourth-order valence-electron chi connectivity index (χ4n) is 2.56. The van der Waals surface area contributed by atoms with Crippen LogP contribution < -0.4 is 5.73 Å². The number of halogens is 1. The zero-order valence-electron chi connectivity index (χ0n) is 9.66. The number of benzene rings is 1. The fraction of sp³-hybridized carbons (Fsp3) is 0.571. The van der Waals surface area contributed by atoms with E-state index in [2.05, 4.69) is 0 Å². The number of nitrogens with two attached hydrogens (primary N) is 1. The Hall–Kier alpha value is -1.05. The Kier molecular flexibility index (Phi) is 3.81. The van der Waals surface area contributed by atoms with Crippen LogP contribution in [0.2, 0.25) is 0 Å². The van der Waals surface area contributed by atoms with Gasteiger partial charge in [0.15, 0.2) is 0 Å². The van der Waals surface area contributed by atoms with Crippen LogP contribution in [0.1, 0.15) is 50.3 Å². The molecule has 0 bridgehead atoms. The largest absolute Gasteiger partial charge is 0.399 e. The van der Waals surface area contributed by atoms with Gasteiger partial charge < -0.3 is 5.73 Å². The van der Waals surface area contributed by atoms with E-state index in [1.165, 1.54) is 25.7 Å². The minimum Gasteiger partial charge on any atom is -0.399 e. The van der Waals surface area contributed by atoms with Gasteiger partial charge in [-0.05, 0) is 36.5 Å². The van der Waals surface area contributed by atoms with Crippen LogP contribution in [0, 0.1) is 5.92 Å². The molecule has 2 rings (SSSR count). The monoisotopic (exact) mass is 221 g/mol. The number of anilines is 1. The fourth-order valence-corrected chi connectivity index (χ4v) is 2.56. The molecule has 1 nitrogen and oxygen atoms in total. The first kappa shape index (κ1) is 11.4. The molecule has 2 heteroatoms. The summed E-state index contributed by atoms with van der Waals surface area (Å²) in [5.41, 5.74) is 7.11. The van der Waals surface area contributed by atoms with Gasteiger partial charge in [0.1, 0.15) is 6.17 Å². The lowest BCUT2D eigenvalue weighted by Gasteiger charge is -2.19. The second kappa shape index (κ2) is 5.33. The second-order valence-electron chi connectivity index (χ2n) is 4.82. The van der Waals surface area contributed by atoms with Crippen molar-refractivity contribution in [2.24, 2.45) is 5.92 Å². The van der Waals surface area contributed by atoms with Crippen molar-refractivity contribution in [2.45, 2.75) is 44.7 Å². The van der Waals surface area contributed by atoms with Crippen LogP contribution in [0.4, 0.5) is 10.1 Å². The molecule has 2 N–H and O–H groups in total. The van der Waals surface area contributed by atoms with Crippen molar-refractivity contribution in [1.82, 2.24) is 0 Å². The first-order valence-corrected chi connectivity index (χ1v) is 6.27. The van der Waals surface area contributed by atoms with Crippen molar-refractivity contribution >= 4 is 5.69 Å². The third kappa shape index (κ3) is 2.75. The molecule has 1 fully saturated rings. The Morgan fingerprint density at radius 1 is 1.00 bits per heavy atom. The van der Waals surface area contributed by atoms with Crippen LogP contribution in [0.25, 0.3) is 0 Å². The van der Waals surface area contributed by atoms with Crippen molar-refractivity contribution < 1.29 is 4.39 Å². The molecule has 1 aliphatic rings. The molecule has 88 valence electrons. The molecule has 0 radical (unpaired) electrons. The Balaban J connectivity index is 2.04. The molecule has 16 heavy (non-hydrogen) atoms. The van der Waals surface area contributed by atoms with Gasteiger partial charge in [-0.15, -0.1) is 0 Å². The lowest BCUT2D eigenvalue weighted by molar-refractivity contribution is 0.211. The summed E-state index contributed by atoms with van der Waals surface area (Å²) < 4.78 is 14.3. The first-order valence-electron chi connectivity index (χ1n) is 6.27. The van der Waals surface area contributed by atoms with Gasteiger partial charge in [0, 0.05) is 5.69 Å². The third-order valence-corrected chi connectivity index (χ3v) is 3.57. The molecule has 1 saturated carbocycles. The lowest BCUT2D eigenvalue weighted by atomic mass is 9.90. The van der Waals surface area contributed by atoms with Gasteiger partial charge in [0.05, 0.1) is 0 Å². The molecule has 0 aromatic heterocycles. The molecule has 0 heterocycles. The van der Waals surface area contributed by atoms with Crippen LogP contribution in [-0.2, 0) is 0 Å². The molecule has 1 atom stereocenters. The zero-order chi connectivity index (χ0) is 11.4. The van der Waals surface area contributed by atoms with Crippen LogP contribution >= 0.6 is 0 Å². The summed E-state index contributed by atoms with van der Waals surface area (Å²) in [6.07, 6.45) is 6.16. The van der Waals surface area contributed by atoms with Crippen LogP contribution in [-0.4, -0.2) is 0 Å². The Morgan fingerprint density at radius 3 is 2.12 bits per heavy atom. The summed E-state index contributed by atoms with van der Waals surface area (Å²) in [4.78, 5) is 0. The molecule has 1 aromatic carbocycles. The van der Waals surface area contributed by atoms with E-state index in [1.807, 2.05) is 12.1 Å². The molecule has 0 amide bonds. The smallest absolute Gasteiger partial charge is 0.128 e. The maximum atomic E-state index is 14.3. The molecular formula is C14H20FN. The Bertz CT molecular complexity index is 312. The van der Waals surface area contributed by atoms with Crippen molar-refractivity contribution in [1.29, 1.82) is 0 Å². The molecule has 1 aromatic rings. The second-order valence-corrected chi connectivity index (χ2v) is 4.82. The predicted octanol–water partition coefficient (Wildman–Crippen LogP) is 4.25. The predicted molar refractivity (Wildman–Crippen MR) is 65.9 cm³/mol. The summed E-state index contributed by atoms with van der Waals surface area (Å²) in [5, 5.41) is 0. The molecule has 0 aliphatic heterocycles. The van der Waals surface area contributed by atoms with Gasteiger partial charge in [0.2, 0.25) is 0 Å². The van der Waals surface area contributed by atoms with E-state index >= 15 is 0 Å². The molecule has 0 spiro atoms. The summed E-state index contributed by atoms with van der Waals surface area (Å²) in [6.45, 7) is 0. The van der Waals surface area contributed by atoms with Crippen LogP contribution in [0.15, 0.2) is 24.3 Å². The van der Waals surface area contributed by atoms with E-state index in [4.69, 9.17) is 5.73 Å². The van der Waals surface area contributed by atoms with Crippen LogP contribution in [0.3, 0.4) is 0 Å². The van der Waals surface area contributed by atoms with Crippen molar-refractivity contribution in [3.8, 4) is 0 Å². The highest BCUT2D eigenvalue weighted by atomic mass is 19.1. The summed E-state index contributed by atoms with van der Waals surface area (Å²) in [5.74, 6) is 0.214. The number of hydrogen-bond donors (Lipinski definition) is 1. The zero-order valence-corrected chi connectivity index (χ0v) is 9.66. The minimum absolute atomic E-state index is 0.214. The Labute approximate surface area is 96.9 Å². The maximum absolute atomic E-state index is 14.3. The number of hydrogen-bond acceptors (Lipinski definition) is 1. The van der Waals surface area contributed by atoms with Crippen molar-refractivity contribution in [2.75, 3.05) is 5.73 Å². The topological polar surface area (TPSA) is 26.0 Å². The average molecular weight is 221 g/mol. The lowest BCUT2D eigenvalue weighted by Crippen LogP contribution is -2.08. The highest BCUT2D eigenvalue weighted by Crippen LogP contribution is 2.36. The van der Waals surface area contributed by atoms with Gasteiger partial charge in [0.25, 0.3) is 0 Å². The van der Waals surface area contributed by atoms with E-state index in [1.54, 1.807) is 12.1 Å². The highest BCUT2D eigenvalue weighted by Gasteiger charge is 2.23. The molecule has 0 saturated heterocycles. The minimum atomic E-state index is -0.807. The SMILES string of the molecule is Nc1ccc(C(F)C2CCCCCC2)cc1. The van der Waals surface area contributed by atoms with Gasteiger partial charge in [-0.3, -0.25) is 0 Å². The summed E-state index contributed by atoms with van der Waals surface area (Å²) in [6, 6.07) is 7.23. The molecule has 1 aliphatic carbocycles. The van der Waals surface area contributed by atoms with Crippen molar-refractivity contribution in [3.63, 3.8) is 0 Å². The average Bonchev–Trinajstić information content (AvgIpc) is 2.57. The van der Waals surface area contributed by atoms with Crippen molar-refractivity contribution in [3.05, 3.63) is 29.8 Å². The normalized spacial score (nSPS) is 20.3. The maximum Gasteiger partial charge on any atom is 0.128 e. The van der Waals surface area contributed by atoms with E-state index in [-0.39, 0.29) is 5.92 Å². The standard InChI is InChI=1S/C14H20FN/c15-14(11-5-3-1-2-4-6-11)12-7-9-13(16)10-8-12/h7-11,14H,1-6,16H2. The summed E-state index contributed by atoms with van der Waals surface area (Å²) in [7, 11) is 0. The van der Waals surface area contributed by atoms with Gasteiger partial charge in [-0.1, -0.05) is 37.8 Å². The number of rotatable bonds is 2. The number of nitrogen functional groups attached to an aromatic ring is 1. The van der Waals surface area contributed by atoms with E-state index in [0.29, 0.717) is 5.69 Å². The van der Waals surface area contributed by atoms with E-state index < -0.39 is 6.17 Å². The highest BCUT2D eigenvalue weighted by molar-refractivity contribution is 5.39. The van der Waals surface area contributed by atoms with Gasteiger partial charge in [-0.25, -0.2) is 4.39 Å². The third-order valence-electron chi connectivity index (χ3n) is 3.57. The number of alkyl halides is 1.